The smallest absolute Gasteiger partial charge is 0.345 e. The number of nitro benzene ring substituents is 1. The monoisotopic (exact) mass is 450 g/mol. The van der Waals surface area contributed by atoms with E-state index in [4.69, 9.17) is 4.74 Å². The number of ether oxygens (including phenoxy) is 1. The van der Waals surface area contributed by atoms with E-state index in [1.54, 1.807) is 0 Å². The van der Waals surface area contributed by atoms with Gasteiger partial charge in [0.2, 0.25) is 0 Å². The standard InChI is InChI=1S/C21H14N4O8/c26-18(23-13-4-1-5-15(9-13)25(31)32)19(27)24-14-6-7-16(20(28)29)17(10-14)33-21(30)12-3-2-8-22-11-12/h1-11H,(H,23,26)(H,24,27)(H,28,29). The number of pyridine rings is 1. The molecule has 0 aliphatic heterocycles. The average molecular weight is 450 g/mol. The lowest BCUT2D eigenvalue weighted by atomic mass is 10.1. The number of hydrogen-bond acceptors (Lipinski definition) is 8. The highest BCUT2D eigenvalue weighted by molar-refractivity contribution is 6.43. The van der Waals surface area contributed by atoms with Crippen molar-refractivity contribution in [3.63, 3.8) is 0 Å². The van der Waals surface area contributed by atoms with Gasteiger partial charge in [0.05, 0.1) is 10.5 Å². The van der Waals surface area contributed by atoms with E-state index in [0.717, 1.165) is 18.2 Å². The lowest BCUT2D eigenvalue weighted by Crippen LogP contribution is -2.29. The van der Waals surface area contributed by atoms with Crippen molar-refractivity contribution in [3.05, 3.63) is 88.2 Å². The third-order valence-electron chi connectivity index (χ3n) is 4.09. The minimum absolute atomic E-state index is 0.0247. The molecule has 2 amide bonds. The Labute approximate surface area is 185 Å². The van der Waals surface area contributed by atoms with E-state index in [1.807, 2.05) is 0 Å². The number of anilines is 2. The predicted molar refractivity (Wildman–Crippen MR) is 113 cm³/mol. The number of nitrogens with one attached hydrogen (secondary N) is 2. The summed E-state index contributed by atoms with van der Waals surface area (Å²) in [5.74, 6) is -4.91. The highest BCUT2D eigenvalue weighted by atomic mass is 16.6. The van der Waals surface area contributed by atoms with Crippen LogP contribution in [0.25, 0.3) is 0 Å². The molecule has 0 fully saturated rings. The number of hydrogen-bond donors (Lipinski definition) is 3. The van der Waals surface area contributed by atoms with Gasteiger partial charge < -0.3 is 20.5 Å². The van der Waals surface area contributed by atoms with E-state index in [9.17, 15) is 34.4 Å². The zero-order valence-electron chi connectivity index (χ0n) is 16.6. The molecule has 166 valence electrons. The fourth-order valence-electron chi connectivity index (χ4n) is 2.58. The molecule has 1 heterocycles. The Kier molecular flexibility index (Phi) is 6.69. The van der Waals surface area contributed by atoms with Crippen molar-refractivity contribution in [2.45, 2.75) is 0 Å². The number of nitro groups is 1. The molecule has 0 unspecified atom stereocenters. The fraction of sp³-hybridized carbons (Fsp3) is 0. The molecule has 1 aromatic heterocycles. The van der Waals surface area contributed by atoms with Crippen LogP contribution >= 0.6 is 0 Å². The van der Waals surface area contributed by atoms with Gasteiger partial charge in [-0.1, -0.05) is 6.07 Å². The quantitative estimate of drug-likeness (QED) is 0.167. The third-order valence-corrected chi connectivity index (χ3v) is 4.09. The second-order valence-corrected chi connectivity index (χ2v) is 6.36. The zero-order chi connectivity index (χ0) is 24.0. The first-order valence-corrected chi connectivity index (χ1v) is 9.11. The van der Waals surface area contributed by atoms with Crippen LogP contribution < -0.4 is 15.4 Å². The molecule has 12 nitrogen and oxygen atoms in total. The summed E-state index contributed by atoms with van der Waals surface area (Å²) in [5.41, 5.74) is -0.576. The molecule has 0 aliphatic carbocycles. The third kappa shape index (κ3) is 5.73. The maximum Gasteiger partial charge on any atom is 0.345 e. The molecule has 3 rings (SSSR count). The van der Waals surface area contributed by atoms with Crippen LogP contribution in [0, 0.1) is 10.1 Å². The Morgan fingerprint density at radius 3 is 2.24 bits per heavy atom. The van der Waals surface area contributed by atoms with E-state index < -0.39 is 28.7 Å². The molecule has 0 saturated heterocycles. The van der Waals surface area contributed by atoms with Gasteiger partial charge in [0.25, 0.3) is 5.69 Å². The normalized spacial score (nSPS) is 10.1. The molecule has 3 aromatic rings. The number of amides is 2. The van der Waals surface area contributed by atoms with Gasteiger partial charge >= 0.3 is 23.8 Å². The van der Waals surface area contributed by atoms with E-state index >= 15 is 0 Å². The Morgan fingerprint density at radius 2 is 1.64 bits per heavy atom. The summed E-state index contributed by atoms with van der Waals surface area (Å²) in [6, 6.07) is 11.2. The van der Waals surface area contributed by atoms with Crippen LogP contribution in [0.1, 0.15) is 20.7 Å². The molecule has 0 aliphatic rings. The Morgan fingerprint density at radius 1 is 0.939 bits per heavy atom. The van der Waals surface area contributed by atoms with Gasteiger partial charge in [-0.2, -0.15) is 0 Å². The summed E-state index contributed by atoms with van der Waals surface area (Å²) in [6.45, 7) is 0. The summed E-state index contributed by atoms with van der Waals surface area (Å²) in [6.07, 6.45) is 2.67. The molecule has 0 saturated carbocycles. The number of aromatic nitrogens is 1. The molecule has 33 heavy (non-hydrogen) atoms. The maximum atomic E-state index is 12.3. The SMILES string of the molecule is O=C(Nc1cccc([N+](=O)[O-])c1)C(=O)Nc1ccc(C(=O)O)c(OC(=O)c2cccnc2)c1. The number of rotatable bonds is 6. The Bertz CT molecular complexity index is 1260. The number of carboxylic acids is 1. The molecule has 12 heteroatoms. The second-order valence-electron chi connectivity index (χ2n) is 6.36. The topological polar surface area (TPSA) is 178 Å². The molecule has 0 bridgehead atoms. The van der Waals surface area contributed by atoms with Gasteiger partial charge in [-0.25, -0.2) is 9.59 Å². The summed E-state index contributed by atoms with van der Waals surface area (Å²) in [4.78, 5) is 62.0. The number of carbonyl (C=O) groups excluding carboxylic acids is 3. The number of carboxylic acid groups (broad SMARTS) is 1. The minimum atomic E-state index is -1.38. The van der Waals surface area contributed by atoms with Crippen LogP contribution in [-0.2, 0) is 9.59 Å². The number of carbonyl (C=O) groups is 4. The first kappa shape index (κ1) is 22.6. The fourth-order valence-corrected chi connectivity index (χ4v) is 2.58. The van der Waals surface area contributed by atoms with Crippen LogP contribution in [0.5, 0.6) is 5.75 Å². The van der Waals surface area contributed by atoms with Crippen molar-refractivity contribution in [1.82, 2.24) is 4.98 Å². The first-order valence-electron chi connectivity index (χ1n) is 9.11. The molecule has 2 aromatic carbocycles. The van der Waals surface area contributed by atoms with Gasteiger partial charge in [0.15, 0.2) is 0 Å². The van der Waals surface area contributed by atoms with Crippen molar-refractivity contribution in [3.8, 4) is 5.75 Å². The lowest BCUT2D eigenvalue weighted by molar-refractivity contribution is -0.384. The summed E-state index contributed by atoms with van der Waals surface area (Å²) in [5, 5.41) is 24.6. The van der Waals surface area contributed by atoms with Crippen LogP contribution in [0.2, 0.25) is 0 Å². The van der Waals surface area contributed by atoms with Crippen LogP contribution in [0.3, 0.4) is 0 Å². The molecule has 0 spiro atoms. The number of non-ortho nitro benzene ring substituents is 1. The van der Waals surface area contributed by atoms with E-state index in [0.29, 0.717) is 0 Å². The van der Waals surface area contributed by atoms with Crippen molar-refractivity contribution in [2.24, 2.45) is 0 Å². The lowest BCUT2D eigenvalue weighted by Gasteiger charge is -2.11. The molecule has 0 atom stereocenters. The second kappa shape index (κ2) is 9.78. The predicted octanol–water partition coefficient (Wildman–Crippen LogP) is 2.48. The highest BCUT2D eigenvalue weighted by Gasteiger charge is 2.20. The Balaban J connectivity index is 1.75. The molecular weight excluding hydrogens is 436 g/mol. The van der Waals surface area contributed by atoms with Crippen molar-refractivity contribution >= 4 is 40.8 Å². The summed E-state index contributed by atoms with van der Waals surface area (Å²) in [7, 11) is 0. The Hall–Kier alpha value is -5.13. The van der Waals surface area contributed by atoms with Crippen LogP contribution in [0.4, 0.5) is 17.1 Å². The maximum absolute atomic E-state index is 12.3. The van der Waals surface area contributed by atoms with E-state index in [-0.39, 0.29) is 33.9 Å². The van der Waals surface area contributed by atoms with E-state index in [2.05, 4.69) is 15.6 Å². The van der Waals surface area contributed by atoms with Crippen LogP contribution in [-0.4, -0.2) is 38.8 Å². The van der Waals surface area contributed by atoms with E-state index in [1.165, 1.54) is 48.8 Å². The van der Waals surface area contributed by atoms with Crippen LogP contribution in [0.15, 0.2) is 67.0 Å². The summed E-state index contributed by atoms with van der Waals surface area (Å²) >= 11 is 0. The van der Waals surface area contributed by atoms with Crippen molar-refractivity contribution < 1.29 is 33.9 Å². The van der Waals surface area contributed by atoms with Gasteiger partial charge in [-0.15, -0.1) is 0 Å². The number of aromatic carboxylic acids is 1. The van der Waals surface area contributed by atoms with Gasteiger partial charge in [-0.3, -0.25) is 24.7 Å². The van der Waals surface area contributed by atoms with Gasteiger partial charge in [-0.05, 0) is 30.3 Å². The molecule has 3 N–H and O–H groups in total. The van der Waals surface area contributed by atoms with Crippen molar-refractivity contribution in [1.29, 1.82) is 0 Å². The highest BCUT2D eigenvalue weighted by Crippen LogP contribution is 2.25. The van der Waals surface area contributed by atoms with Crippen molar-refractivity contribution in [2.75, 3.05) is 10.6 Å². The number of esters is 1. The summed E-state index contributed by atoms with van der Waals surface area (Å²) < 4.78 is 5.13. The average Bonchev–Trinajstić information content (AvgIpc) is 2.79. The van der Waals surface area contributed by atoms with Gasteiger partial charge in [0, 0.05) is 42.0 Å². The first-order chi connectivity index (χ1) is 15.7. The molecule has 0 radical (unpaired) electrons. The largest absolute Gasteiger partial charge is 0.478 e. The molecular formula is C21H14N4O8. The van der Waals surface area contributed by atoms with Gasteiger partial charge in [0.1, 0.15) is 11.3 Å². The zero-order valence-corrected chi connectivity index (χ0v) is 16.6. The number of benzene rings is 2. The minimum Gasteiger partial charge on any atom is -0.478 e. The number of nitrogens with zero attached hydrogens (tertiary/aromatic N) is 2.